The van der Waals surface area contributed by atoms with E-state index in [1.807, 2.05) is 0 Å². The SMILES string of the molecule is O=C(O)C#CCCCCCBr. The van der Waals surface area contributed by atoms with Gasteiger partial charge in [0.1, 0.15) is 0 Å². The van der Waals surface area contributed by atoms with Crippen LogP contribution < -0.4 is 0 Å². The highest BCUT2D eigenvalue weighted by molar-refractivity contribution is 9.09. The first kappa shape index (κ1) is 10.5. The molecule has 0 unspecified atom stereocenters. The summed E-state index contributed by atoms with van der Waals surface area (Å²) in [5, 5.41) is 9.15. The van der Waals surface area contributed by atoms with E-state index in [1.165, 1.54) is 0 Å². The molecule has 1 N–H and O–H groups in total. The van der Waals surface area contributed by atoms with Crippen LogP contribution in [0.25, 0.3) is 0 Å². The highest BCUT2D eigenvalue weighted by atomic mass is 79.9. The molecule has 0 aromatic carbocycles. The Hall–Kier alpha value is -0.490. The largest absolute Gasteiger partial charge is 0.472 e. The van der Waals surface area contributed by atoms with Crippen LogP contribution in [-0.4, -0.2) is 16.4 Å². The average molecular weight is 219 g/mol. The van der Waals surface area contributed by atoms with Crippen molar-refractivity contribution in [1.82, 2.24) is 0 Å². The lowest BCUT2D eigenvalue weighted by atomic mass is 10.2. The molecular weight excluding hydrogens is 208 g/mol. The average Bonchev–Trinajstić information content (AvgIpc) is 1.96. The van der Waals surface area contributed by atoms with Gasteiger partial charge in [0.25, 0.3) is 0 Å². The second kappa shape index (κ2) is 7.62. The zero-order valence-corrected chi connectivity index (χ0v) is 7.85. The molecule has 0 spiro atoms. The van der Waals surface area contributed by atoms with Gasteiger partial charge in [0, 0.05) is 17.7 Å². The third-order valence-corrected chi connectivity index (χ3v) is 1.69. The Labute approximate surface area is 75.1 Å². The third-order valence-electron chi connectivity index (χ3n) is 1.13. The number of aliphatic carboxylic acids is 1. The van der Waals surface area contributed by atoms with Crippen LogP contribution in [0.3, 0.4) is 0 Å². The number of carbonyl (C=O) groups is 1. The smallest absolute Gasteiger partial charge is 0.381 e. The van der Waals surface area contributed by atoms with Crippen LogP contribution in [0.1, 0.15) is 25.7 Å². The Morgan fingerprint density at radius 2 is 2.09 bits per heavy atom. The third kappa shape index (κ3) is 9.51. The minimum atomic E-state index is -1.04. The van der Waals surface area contributed by atoms with E-state index < -0.39 is 5.97 Å². The van der Waals surface area contributed by atoms with Crippen molar-refractivity contribution in [2.24, 2.45) is 0 Å². The van der Waals surface area contributed by atoms with Gasteiger partial charge in [-0.1, -0.05) is 28.3 Å². The summed E-state index contributed by atoms with van der Waals surface area (Å²) in [5.74, 6) is 3.62. The van der Waals surface area contributed by atoms with Gasteiger partial charge in [0.2, 0.25) is 0 Å². The highest BCUT2D eigenvalue weighted by Crippen LogP contribution is 2.00. The fourth-order valence-electron chi connectivity index (χ4n) is 0.623. The van der Waals surface area contributed by atoms with Crippen molar-refractivity contribution in [1.29, 1.82) is 0 Å². The van der Waals surface area contributed by atoms with E-state index in [-0.39, 0.29) is 0 Å². The minimum absolute atomic E-state index is 0.694. The van der Waals surface area contributed by atoms with Crippen LogP contribution in [-0.2, 0) is 4.79 Å². The van der Waals surface area contributed by atoms with Crippen LogP contribution in [0, 0.1) is 11.8 Å². The molecule has 0 radical (unpaired) electrons. The lowest BCUT2D eigenvalue weighted by Gasteiger charge is -1.90. The summed E-state index contributed by atoms with van der Waals surface area (Å²) in [6, 6.07) is 0. The van der Waals surface area contributed by atoms with Crippen molar-refractivity contribution in [3.05, 3.63) is 0 Å². The first-order chi connectivity index (χ1) is 5.27. The zero-order valence-electron chi connectivity index (χ0n) is 6.27. The summed E-state index contributed by atoms with van der Waals surface area (Å²) < 4.78 is 0. The van der Waals surface area contributed by atoms with Crippen LogP contribution in [0.5, 0.6) is 0 Å². The predicted octanol–water partition coefficient (Wildman–Crippen LogP) is 2.03. The van der Waals surface area contributed by atoms with E-state index in [2.05, 4.69) is 27.8 Å². The number of alkyl halides is 1. The quantitative estimate of drug-likeness (QED) is 0.446. The number of carboxylic acid groups (broad SMARTS) is 1. The number of rotatable bonds is 4. The van der Waals surface area contributed by atoms with Gasteiger partial charge in [-0.2, -0.15) is 0 Å². The molecule has 0 aromatic heterocycles. The summed E-state index contributed by atoms with van der Waals surface area (Å²) >= 11 is 3.31. The van der Waals surface area contributed by atoms with Gasteiger partial charge < -0.3 is 5.11 Å². The Morgan fingerprint density at radius 1 is 1.36 bits per heavy atom. The van der Waals surface area contributed by atoms with E-state index in [0.717, 1.165) is 24.6 Å². The monoisotopic (exact) mass is 218 g/mol. The Bertz CT molecular complexity index is 167. The lowest BCUT2D eigenvalue weighted by Crippen LogP contribution is -1.86. The summed E-state index contributed by atoms with van der Waals surface area (Å²) in [6.45, 7) is 0. The second-order valence-electron chi connectivity index (χ2n) is 2.11. The Morgan fingerprint density at radius 3 is 2.64 bits per heavy atom. The summed E-state index contributed by atoms with van der Waals surface area (Å²) in [7, 11) is 0. The molecule has 0 fully saturated rings. The molecule has 62 valence electrons. The second-order valence-corrected chi connectivity index (χ2v) is 2.90. The number of halogens is 1. The maximum atomic E-state index is 9.91. The molecule has 0 aromatic rings. The lowest BCUT2D eigenvalue weighted by molar-refractivity contribution is -0.130. The van der Waals surface area contributed by atoms with E-state index >= 15 is 0 Å². The standard InChI is InChI=1S/C8H11BrO2/c9-7-5-3-1-2-4-6-8(10)11/h1-3,5,7H2,(H,10,11). The first-order valence-electron chi connectivity index (χ1n) is 3.55. The molecule has 0 amide bonds. The van der Waals surface area contributed by atoms with Gasteiger partial charge in [0.15, 0.2) is 0 Å². The Kier molecular flexibility index (Phi) is 7.28. The molecule has 0 saturated heterocycles. The van der Waals surface area contributed by atoms with Crippen molar-refractivity contribution in [2.75, 3.05) is 5.33 Å². The Balaban J connectivity index is 3.15. The molecule has 0 rings (SSSR count). The molecule has 0 atom stereocenters. The molecular formula is C8H11BrO2. The molecule has 0 aliphatic heterocycles. The van der Waals surface area contributed by atoms with Gasteiger partial charge in [-0.3, -0.25) is 0 Å². The predicted molar refractivity (Wildman–Crippen MR) is 47.7 cm³/mol. The van der Waals surface area contributed by atoms with Crippen LogP contribution in [0.4, 0.5) is 0 Å². The molecule has 0 bridgehead atoms. The highest BCUT2D eigenvalue weighted by Gasteiger charge is 1.85. The molecule has 2 nitrogen and oxygen atoms in total. The summed E-state index contributed by atoms with van der Waals surface area (Å²) in [5.41, 5.74) is 0. The fourth-order valence-corrected chi connectivity index (χ4v) is 1.02. The van der Waals surface area contributed by atoms with Gasteiger partial charge in [-0.25, -0.2) is 4.79 Å². The van der Waals surface area contributed by atoms with Crippen LogP contribution >= 0.6 is 15.9 Å². The first-order valence-corrected chi connectivity index (χ1v) is 4.67. The van der Waals surface area contributed by atoms with E-state index in [1.54, 1.807) is 0 Å². The van der Waals surface area contributed by atoms with Crippen molar-refractivity contribution in [3.8, 4) is 11.8 Å². The maximum absolute atomic E-state index is 9.91. The summed E-state index contributed by atoms with van der Waals surface area (Å²) in [4.78, 5) is 9.91. The van der Waals surface area contributed by atoms with Crippen LogP contribution in [0.2, 0.25) is 0 Å². The van der Waals surface area contributed by atoms with E-state index in [4.69, 9.17) is 5.11 Å². The van der Waals surface area contributed by atoms with Crippen molar-refractivity contribution < 1.29 is 9.90 Å². The van der Waals surface area contributed by atoms with Gasteiger partial charge >= 0.3 is 5.97 Å². The van der Waals surface area contributed by atoms with Crippen molar-refractivity contribution in [3.63, 3.8) is 0 Å². The molecule has 0 aliphatic carbocycles. The molecule has 0 aliphatic rings. The maximum Gasteiger partial charge on any atom is 0.381 e. The zero-order chi connectivity index (χ0) is 8.53. The molecule has 0 saturated carbocycles. The molecule has 0 heterocycles. The number of hydrogen-bond donors (Lipinski definition) is 1. The van der Waals surface area contributed by atoms with Gasteiger partial charge in [-0.05, 0) is 12.8 Å². The molecule has 3 heteroatoms. The van der Waals surface area contributed by atoms with Crippen LogP contribution in [0.15, 0.2) is 0 Å². The van der Waals surface area contributed by atoms with E-state index in [0.29, 0.717) is 6.42 Å². The number of unbranched alkanes of at least 4 members (excludes halogenated alkanes) is 3. The van der Waals surface area contributed by atoms with Crippen molar-refractivity contribution in [2.45, 2.75) is 25.7 Å². The molecule has 11 heavy (non-hydrogen) atoms. The van der Waals surface area contributed by atoms with Crippen molar-refractivity contribution >= 4 is 21.9 Å². The topological polar surface area (TPSA) is 37.3 Å². The summed E-state index contributed by atoms with van der Waals surface area (Å²) in [6.07, 6.45) is 3.93. The number of carboxylic acids is 1. The van der Waals surface area contributed by atoms with Gasteiger partial charge in [-0.15, -0.1) is 0 Å². The fraction of sp³-hybridized carbons (Fsp3) is 0.625. The number of hydrogen-bond acceptors (Lipinski definition) is 1. The normalized spacial score (nSPS) is 8.45. The van der Waals surface area contributed by atoms with Gasteiger partial charge in [0.05, 0.1) is 0 Å². The van der Waals surface area contributed by atoms with E-state index in [9.17, 15) is 4.79 Å². The minimum Gasteiger partial charge on any atom is -0.472 e.